The van der Waals surface area contributed by atoms with Crippen LogP contribution in [0.5, 0.6) is 0 Å². The molecule has 0 amide bonds. The highest BCUT2D eigenvalue weighted by molar-refractivity contribution is 6.34. The molecule has 1 aromatic heterocycles. The predicted molar refractivity (Wildman–Crippen MR) is 48.3 cm³/mol. The molecule has 64 valence electrons. The monoisotopic (exact) mass is 192 g/mol. The lowest BCUT2D eigenvalue weighted by molar-refractivity contribution is 0.548. The van der Waals surface area contributed by atoms with E-state index >= 15 is 0 Å². The highest BCUT2D eigenvalue weighted by Crippen LogP contribution is 2.23. The van der Waals surface area contributed by atoms with E-state index in [0.29, 0.717) is 22.0 Å². The maximum atomic E-state index is 8.43. The zero-order valence-corrected chi connectivity index (χ0v) is 7.38. The van der Waals surface area contributed by atoms with Gasteiger partial charge in [-0.15, -0.1) is 0 Å². The van der Waals surface area contributed by atoms with Crippen LogP contribution in [0.2, 0.25) is 5.02 Å². The van der Waals surface area contributed by atoms with Gasteiger partial charge in [0.1, 0.15) is 11.9 Å². The number of aromatic nitrogens is 1. The van der Waals surface area contributed by atoms with Crippen molar-refractivity contribution in [2.45, 2.75) is 6.42 Å². The van der Waals surface area contributed by atoms with E-state index in [1.807, 2.05) is 6.07 Å². The molecule has 0 aliphatic rings. The molecule has 0 saturated heterocycles. The maximum absolute atomic E-state index is 8.43. The van der Waals surface area contributed by atoms with E-state index in [1.165, 1.54) is 0 Å². The molecule has 0 aliphatic carbocycles. The molecule has 0 saturated carbocycles. The maximum Gasteiger partial charge on any atom is 0.209 e. The van der Waals surface area contributed by atoms with E-state index in [2.05, 4.69) is 4.98 Å². The van der Waals surface area contributed by atoms with Gasteiger partial charge >= 0.3 is 0 Å². The number of hydrogen-bond donors (Lipinski definition) is 0. The topological polar surface area (TPSA) is 49.8 Å². The average molecular weight is 193 g/mol. The number of nitriles is 1. The Labute approximate surface area is 79.6 Å². The van der Waals surface area contributed by atoms with Gasteiger partial charge in [-0.3, -0.25) is 0 Å². The second-order valence-corrected chi connectivity index (χ2v) is 2.94. The van der Waals surface area contributed by atoms with Gasteiger partial charge in [0.05, 0.1) is 11.1 Å². The lowest BCUT2D eigenvalue weighted by Gasteiger charge is -1.87. The number of hydrogen-bond acceptors (Lipinski definition) is 3. The van der Waals surface area contributed by atoms with Crippen molar-refractivity contribution in [2.75, 3.05) is 0 Å². The van der Waals surface area contributed by atoms with Gasteiger partial charge in [0.2, 0.25) is 5.89 Å². The molecule has 4 heteroatoms. The van der Waals surface area contributed by atoms with Crippen molar-refractivity contribution in [3.8, 4) is 6.07 Å². The van der Waals surface area contributed by atoms with Gasteiger partial charge in [0, 0.05) is 0 Å². The smallest absolute Gasteiger partial charge is 0.209 e. The minimum Gasteiger partial charge on any atom is -0.438 e. The Morgan fingerprint density at radius 3 is 3.08 bits per heavy atom. The summed E-state index contributed by atoms with van der Waals surface area (Å²) in [6, 6.07) is 7.28. The highest BCUT2D eigenvalue weighted by atomic mass is 35.5. The lowest BCUT2D eigenvalue weighted by Crippen LogP contribution is -1.77. The Morgan fingerprint density at radius 2 is 2.38 bits per heavy atom. The number of halogens is 1. The van der Waals surface area contributed by atoms with Crippen LogP contribution in [-0.4, -0.2) is 4.98 Å². The Bertz CT molecular complexity index is 484. The molecule has 13 heavy (non-hydrogen) atoms. The fourth-order valence-electron chi connectivity index (χ4n) is 1.10. The molecule has 3 nitrogen and oxygen atoms in total. The standard InChI is InChI=1S/C9H5ClN2O/c10-6-2-1-3-7-9(6)13-8(12-7)4-5-11/h1-3H,4H2. The molecule has 0 fully saturated rings. The van der Waals surface area contributed by atoms with Gasteiger partial charge in [-0.05, 0) is 12.1 Å². The molecule has 0 radical (unpaired) electrons. The Balaban J connectivity index is 2.63. The number of nitrogens with zero attached hydrogens (tertiary/aromatic N) is 2. The van der Waals surface area contributed by atoms with Gasteiger partial charge in [0.15, 0.2) is 5.58 Å². The second-order valence-electron chi connectivity index (χ2n) is 2.53. The summed E-state index contributed by atoms with van der Waals surface area (Å²) in [4.78, 5) is 4.09. The van der Waals surface area contributed by atoms with Gasteiger partial charge in [-0.1, -0.05) is 17.7 Å². The number of benzene rings is 1. The fraction of sp³-hybridized carbons (Fsp3) is 0.111. The van der Waals surface area contributed by atoms with Crippen molar-refractivity contribution in [1.29, 1.82) is 5.26 Å². The first-order valence-electron chi connectivity index (χ1n) is 3.72. The summed E-state index contributed by atoms with van der Waals surface area (Å²) in [6.45, 7) is 0. The van der Waals surface area contributed by atoms with Crippen LogP contribution < -0.4 is 0 Å². The van der Waals surface area contributed by atoms with Crippen LogP contribution in [-0.2, 0) is 6.42 Å². The molecule has 1 heterocycles. The SMILES string of the molecule is N#CCc1nc2cccc(Cl)c2o1. The van der Waals surface area contributed by atoms with Crippen LogP contribution in [0, 0.1) is 11.3 Å². The molecule has 0 spiro atoms. The van der Waals surface area contributed by atoms with Gasteiger partial charge in [0.25, 0.3) is 0 Å². The summed E-state index contributed by atoms with van der Waals surface area (Å²) in [7, 11) is 0. The summed E-state index contributed by atoms with van der Waals surface area (Å²) in [5, 5.41) is 8.95. The molecular formula is C9H5ClN2O. The van der Waals surface area contributed by atoms with Crippen LogP contribution in [0.15, 0.2) is 22.6 Å². The molecule has 0 atom stereocenters. The number of fused-ring (bicyclic) bond motifs is 1. The Kier molecular flexibility index (Phi) is 1.91. The average Bonchev–Trinajstić information content (AvgIpc) is 2.49. The second kappa shape index (κ2) is 3.08. The molecular weight excluding hydrogens is 188 g/mol. The highest BCUT2D eigenvalue weighted by Gasteiger charge is 2.07. The van der Waals surface area contributed by atoms with Crippen LogP contribution in [0.25, 0.3) is 11.1 Å². The Hall–Kier alpha value is -1.53. The minimum absolute atomic E-state index is 0.172. The Morgan fingerprint density at radius 1 is 1.54 bits per heavy atom. The van der Waals surface area contributed by atoms with Crippen LogP contribution in [0.4, 0.5) is 0 Å². The van der Waals surface area contributed by atoms with Crippen LogP contribution >= 0.6 is 11.6 Å². The van der Waals surface area contributed by atoms with Gasteiger partial charge in [-0.25, -0.2) is 4.98 Å². The van der Waals surface area contributed by atoms with Crippen molar-refractivity contribution in [2.24, 2.45) is 0 Å². The van der Waals surface area contributed by atoms with Crippen LogP contribution in [0.3, 0.4) is 0 Å². The first kappa shape index (κ1) is 8.09. The van der Waals surface area contributed by atoms with Crippen molar-refractivity contribution in [1.82, 2.24) is 4.98 Å². The first-order valence-corrected chi connectivity index (χ1v) is 4.10. The molecule has 0 bridgehead atoms. The van der Waals surface area contributed by atoms with Gasteiger partial charge < -0.3 is 4.42 Å². The van der Waals surface area contributed by atoms with Crippen molar-refractivity contribution in [3.63, 3.8) is 0 Å². The zero-order valence-electron chi connectivity index (χ0n) is 6.62. The number of oxazole rings is 1. The third-order valence-electron chi connectivity index (χ3n) is 1.64. The van der Waals surface area contributed by atoms with E-state index < -0.39 is 0 Å². The third kappa shape index (κ3) is 1.36. The fourth-order valence-corrected chi connectivity index (χ4v) is 1.31. The van der Waals surface area contributed by atoms with E-state index in [4.69, 9.17) is 21.3 Å². The number of para-hydroxylation sites is 1. The van der Waals surface area contributed by atoms with E-state index in [1.54, 1.807) is 18.2 Å². The summed E-state index contributed by atoms with van der Waals surface area (Å²) < 4.78 is 5.27. The summed E-state index contributed by atoms with van der Waals surface area (Å²) in [6.07, 6.45) is 0.172. The van der Waals surface area contributed by atoms with Gasteiger partial charge in [-0.2, -0.15) is 5.26 Å². The van der Waals surface area contributed by atoms with Crippen LogP contribution in [0.1, 0.15) is 5.89 Å². The van der Waals surface area contributed by atoms with Crippen molar-refractivity contribution in [3.05, 3.63) is 29.1 Å². The zero-order chi connectivity index (χ0) is 9.26. The van der Waals surface area contributed by atoms with E-state index in [0.717, 1.165) is 0 Å². The summed E-state index contributed by atoms with van der Waals surface area (Å²) in [5.74, 6) is 0.408. The largest absolute Gasteiger partial charge is 0.438 e. The van der Waals surface area contributed by atoms with Crippen molar-refractivity contribution >= 4 is 22.7 Å². The summed E-state index contributed by atoms with van der Waals surface area (Å²) >= 11 is 5.85. The van der Waals surface area contributed by atoms with E-state index in [-0.39, 0.29) is 6.42 Å². The predicted octanol–water partition coefficient (Wildman–Crippen LogP) is 2.55. The third-order valence-corrected chi connectivity index (χ3v) is 1.94. The van der Waals surface area contributed by atoms with E-state index in [9.17, 15) is 0 Å². The molecule has 1 aromatic carbocycles. The molecule has 2 aromatic rings. The number of rotatable bonds is 1. The molecule has 0 unspecified atom stereocenters. The normalized spacial score (nSPS) is 10.2. The first-order chi connectivity index (χ1) is 6.31. The molecule has 0 aliphatic heterocycles. The minimum atomic E-state index is 0.172. The quantitative estimate of drug-likeness (QED) is 0.698. The summed E-state index contributed by atoms with van der Waals surface area (Å²) in [5.41, 5.74) is 1.24. The molecule has 2 rings (SSSR count). The molecule has 0 N–H and O–H groups in total. The van der Waals surface area contributed by atoms with Crippen molar-refractivity contribution < 1.29 is 4.42 Å². The lowest BCUT2D eigenvalue weighted by atomic mass is 10.3.